The number of anilines is 2. The van der Waals surface area contributed by atoms with Gasteiger partial charge in [0.05, 0.1) is 12.0 Å². The van der Waals surface area contributed by atoms with Gasteiger partial charge in [0.25, 0.3) is 0 Å². The first-order valence-corrected chi connectivity index (χ1v) is 16.3. The highest BCUT2D eigenvalue weighted by Crippen LogP contribution is 2.58. The second-order valence-electron chi connectivity index (χ2n) is 12.1. The van der Waals surface area contributed by atoms with Crippen molar-refractivity contribution < 1.29 is 19.1 Å². The molecule has 1 unspecified atom stereocenters. The van der Waals surface area contributed by atoms with E-state index < -0.39 is 35.5 Å². The Balaban J connectivity index is 1.35. The lowest BCUT2D eigenvalue weighted by Crippen LogP contribution is -2.51. The summed E-state index contributed by atoms with van der Waals surface area (Å²) in [5, 5.41) is 3.07. The van der Waals surface area contributed by atoms with Crippen molar-refractivity contribution in [3.8, 4) is 0 Å². The Morgan fingerprint density at radius 1 is 0.766 bits per heavy atom. The Morgan fingerprint density at radius 3 is 2.09 bits per heavy atom. The van der Waals surface area contributed by atoms with E-state index in [2.05, 4.69) is 21.2 Å². The van der Waals surface area contributed by atoms with E-state index in [4.69, 9.17) is 4.74 Å². The van der Waals surface area contributed by atoms with Crippen molar-refractivity contribution in [2.75, 3.05) is 10.2 Å². The molecule has 3 heterocycles. The second-order valence-corrected chi connectivity index (χ2v) is 13.0. The van der Waals surface area contributed by atoms with Gasteiger partial charge in [0, 0.05) is 21.4 Å². The van der Waals surface area contributed by atoms with Gasteiger partial charge in [-0.1, -0.05) is 137 Å². The number of para-hydroxylation sites is 2. The van der Waals surface area contributed by atoms with Crippen LogP contribution in [0.1, 0.15) is 38.7 Å². The van der Waals surface area contributed by atoms with Crippen molar-refractivity contribution in [1.29, 1.82) is 0 Å². The molecule has 230 valence electrons. The molecule has 5 aromatic carbocycles. The van der Waals surface area contributed by atoms with Crippen molar-refractivity contribution >= 4 is 51.0 Å². The standard InChI is InChI=1S/C40H29BrN2O4/c41-29-22-19-26(20-23-29)36(44)34-35(38(45)47-37(27-12-3-1-4-13-27)28-14-5-2-6-15-28)43-32-18-10-7-11-25(32)21-24-33(43)40(34)30-16-8-9-17-31(30)42-39(40)46/h1-24,33-35,37H,(H,42,46)/t33?,34-,35+,40+/m0/s1. The van der Waals surface area contributed by atoms with E-state index >= 15 is 9.59 Å². The fourth-order valence-corrected chi connectivity index (χ4v) is 7.92. The molecule has 0 aliphatic carbocycles. The largest absolute Gasteiger partial charge is 0.451 e. The van der Waals surface area contributed by atoms with E-state index in [1.54, 1.807) is 24.3 Å². The van der Waals surface area contributed by atoms with Gasteiger partial charge >= 0.3 is 5.97 Å². The van der Waals surface area contributed by atoms with Gasteiger partial charge in [0.1, 0.15) is 11.5 Å². The number of hydrogen-bond donors (Lipinski definition) is 1. The van der Waals surface area contributed by atoms with Crippen LogP contribution in [0.4, 0.5) is 11.4 Å². The summed E-state index contributed by atoms with van der Waals surface area (Å²) in [7, 11) is 0. The average Bonchev–Trinajstić information content (AvgIpc) is 3.60. The maximum absolute atomic E-state index is 15.0. The summed E-state index contributed by atoms with van der Waals surface area (Å²) >= 11 is 3.48. The van der Waals surface area contributed by atoms with Crippen LogP contribution in [0.15, 0.2) is 144 Å². The number of esters is 1. The van der Waals surface area contributed by atoms with Gasteiger partial charge in [-0.15, -0.1) is 0 Å². The molecule has 0 saturated carbocycles. The molecule has 47 heavy (non-hydrogen) atoms. The number of nitrogens with zero attached hydrogens (tertiary/aromatic N) is 1. The Bertz CT molecular complexity index is 2010. The van der Waals surface area contributed by atoms with Gasteiger partial charge in [-0.2, -0.15) is 0 Å². The van der Waals surface area contributed by atoms with Crippen molar-refractivity contribution in [1.82, 2.24) is 0 Å². The Morgan fingerprint density at radius 2 is 1.38 bits per heavy atom. The first kappa shape index (κ1) is 29.2. The van der Waals surface area contributed by atoms with E-state index in [1.165, 1.54) is 0 Å². The summed E-state index contributed by atoms with van der Waals surface area (Å²) in [6, 6.07) is 39.7. The molecule has 0 radical (unpaired) electrons. The van der Waals surface area contributed by atoms with Crippen LogP contribution < -0.4 is 10.2 Å². The van der Waals surface area contributed by atoms with Crippen LogP contribution in [0.2, 0.25) is 0 Å². The molecule has 3 aliphatic heterocycles. The molecule has 0 aromatic heterocycles. The maximum atomic E-state index is 15.0. The fourth-order valence-electron chi connectivity index (χ4n) is 7.66. The van der Waals surface area contributed by atoms with Crippen LogP contribution in [0.5, 0.6) is 0 Å². The zero-order valence-electron chi connectivity index (χ0n) is 25.1. The predicted molar refractivity (Wildman–Crippen MR) is 185 cm³/mol. The number of fused-ring (bicyclic) bond motifs is 6. The molecule has 4 atom stereocenters. The van der Waals surface area contributed by atoms with E-state index in [9.17, 15) is 4.79 Å². The Kier molecular flexibility index (Phi) is 7.14. The molecule has 1 spiro atoms. The van der Waals surface area contributed by atoms with Crippen LogP contribution >= 0.6 is 15.9 Å². The van der Waals surface area contributed by atoms with Gasteiger partial charge in [-0.25, -0.2) is 4.79 Å². The average molecular weight is 682 g/mol. The SMILES string of the molecule is O=C(c1ccc(Br)cc1)[C@@H]1[C@H](C(=O)OC(c2ccccc2)c2ccccc2)N2c3ccccc3C=CC2[C@@]12C(=O)Nc1ccccc12. The molecule has 5 aromatic rings. The minimum Gasteiger partial charge on any atom is -0.451 e. The monoisotopic (exact) mass is 680 g/mol. The molecule has 0 bridgehead atoms. The van der Waals surface area contributed by atoms with Crippen LogP contribution in [0, 0.1) is 5.92 Å². The zero-order valence-corrected chi connectivity index (χ0v) is 26.7. The molecule has 3 aliphatic rings. The third kappa shape index (κ3) is 4.56. The lowest BCUT2D eigenvalue weighted by Gasteiger charge is -2.37. The molecule has 1 amide bonds. The van der Waals surface area contributed by atoms with Crippen LogP contribution in [-0.4, -0.2) is 29.7 Å². The molecule has 6 nitrogen and oxygen atoms in total. The lowest BCUT2D eigenvalue weighted by molar-refractivity contribution is -0.150. The van der Waals surface area contributed by atoms with E-state index in [1.807, 2.05) is 126 Å². The molecule has 7 heteroatoms. The first-order valence-electron chi connectivity index (χ1n) is 15.5. The van der Waals surface area contributed by atoms with Crippen LogP contribution in [0.3, 0.4) is 0 Å². The topological polar surface area (TPSA) is 75.7 Å². The number of benzene rings is 5. The number of carbonyl (C=O) groups excluding carboxylic acids is 3. The number of hydrogen-bond acceptors (Lipinski definition) is 5. The number of nitrogens with one attached hydrogen (secondary N) is 1. The molecular weight excluding hydrogens is 652 g/mol. The summed E-state index contributed by atoms with van der Waals surface area (Å²) < 4.78 is 7.35. The fraction of sp³-hybridized carbons (Fsp3) is 0.125. The van der Waals surface area contributed by atoms with E-state index in [0.29, 0.717) is 16.8 Å². The number of ether oxygens (including phenoxy) is 1. The highest BCUT2D eigenvalue weighted by Gasteiger charge is 2.71. The van der Waals surface area contributed by atoms with Crippen LogP contribution in [0.25, 0.3) is 6.08 Å². The van der Waals surface area contributed by atoms with E-state index in [-0.39, 0.29) is 11.7 Å². The smallest absolute Gasteiger partial charge is 0.330 e. The van der Waals surface area contributed by atoms with Crippen LogP contribution in [-0.2, 0) is 19.7 Å². The summed E-state index contributed by atoms with van der Waals surface area (Å²) in [5.74, 6) is -2.32. The number of halogens is 1. The third-order valence-electron chi connectivity index (χ3n) is 9.63. The Labute approximate surface area is 280 Å². The second kappa shape index (κ2) is 11.5. The molecular formula is C40H29BrN2O4. The summed E-state index contributed by atoms with van der Waals surface area (Å²) in [6.07, 6.45) is 3.21. The van der Waals surface area contributed by atoms with Gasteiger partial charge in [0.2, 0.25) is 5.91 Å². The number of Topliss-reactive ketones (excluding diaryl/α,β-unsaturated/α-hetero) is 1. The van der Waals surface area contributed by atoms with Gasteiger partial charge < -0.3 is 15.0 Å². The van der Waals surface area contributed by atoms with Crippen molar-refractivity contribution in [3.05, 3.63) is 172 Å². The van der Waals surface area contributed by atoms with Crippen molar-refractivity contribution in [2.45, 2.75) is 23.6 Å². The molecule has 8 rings (SSSR count). The highest BCUT2D eigenvalue weighted by atomic mass is 79.9. The minimum absolute atomic E-state index is 0.303. The first-order chi connectivity index (χ1) is 23.0. The number of carbonyl (C=O) groups is 3. The molecule has 1 N–H and O–H groups in total. The quantitative estimate of drug-likeness (QED) is 0.147. The molecule has 1 saturated heterocycles. The maximum Gasteiger partial charge on any atom is 0.330 e. The highest BCUT2D eigenvalue weighted by molar-refractivity contribution is 9.10. The zero-order chi connectivity index (χ0) is 32.1. The van der Waals surface area contributed by atoms with Gasteiger partial charge in [0.15, 0.2) is 11.9 Å². The van der Waals surface area contributed by atoms with Crippen molar-refractivity contribution in [3.63, 3.8) is 0 Å². The summed E-state index contributed by atoms with van der Waals surface area (Å²) in [6.45, 7) is 0. The van der Waals surface area contributed by atoms with E-state index in [0.717, 1.165) is 26.9 Å². The minimum atomic E-state index is -1.41. The molecule has 1 fully saturated rings. The summed E-state index contributed by atoms with van der Waals surface area (Å²) in [5.41, 5.74) is 3.58. The third-order valence-corrected chi connectivity index (χ3v) is 10.2. The number of amides is 1. The predicted octanol–water partition coefficient (Wildman–Crippen LogP) is 7.76. The number of rotatable bonds is 6. The Hall–Kier alpha value is -5.27. The number of ketones is 1. The van der Waals surface area contributed by atoms with Crippen molar-refractivity contribution in [2.24, 2.45) is 5.92 Å². The van der Waals surface area contributed by atoms with Gasteiger partial charge in [-0.3, -0.25) is 9.59 Å². The summed E-state index contributed by atoms with van der Waals surface area (Å²) in [4.78, 5) is 46.6. The normalized spacial score (nSPS) is 22.0. The van der Waals surface area contributed by atoms with Gasteiger partial charge in [-0.05, 0) is 46.5 Å². The lowest BCUT2D eigenvalue weighted by atomic mass is 9.64.